The summed E-state index contributed by atoms with van der Waals surface area (Å²) in [6, 6.07) is 2.49. The van der Waals surface area contributed by atoms with Crippen molar-refractivity contribution in [2.45, 2.75) is 60.0 Å². The Labute approximate surface area is 131 Å². The van der Waals surface area contributed by atoms with Crippen molar-refractivity contribution in [2.24, 2.45) is 0 Å². The van der Waals surface area contributed by atoms with Gasteiger partial charge in [0.05, 0.1) is 28.1 Å². The third kappa shape index (κ3) is 3.92. The average Bonchev–Trinajstić information content (AvgIpc) is 2.97. The van der Waals surface area contributed by atoms with Gasteiger partial charge in [0.2, 0.25) is 0 Å². The summed E-state index contributed by atoms with van der Waals surface area (Å²) in [7, 11) is 0. The zero-order valence-corrected chi connectivity index (χ0v) is 14.5. The second-order valence-electron chi connectivity index (χ2n) is 5.49. The second kappa shape index (κ2) is 7.18. The predicted molar refractivity (Wildman–Crippen MR) is 89.0 cm³/mol. The number of nitrogens with one attached hydrogen (secondary N) is 1. The number of thiazole rings is 1. The highest BCUT2D eigenvalue weighted by molar-refractivity contribution is 7.11. The van der Waals surface area contributed by atoms with E-state index in [9.17, 15) is 0 Å². The third-order valence-corrected chi connectivity index (χ3v) is 4.78. The van der Waals surface area contributed by atoms with Gasteiger partial charge in [-0.25, -0.2) is 4.98 Å². The van der Waals surface area contributed by atoms with Crippen LogP contribution in [0.2, 0.25) is 0 Å². The largest absolute Gasteiger partial charge is 0.308 e. The number of aromatic nitrogens is 3. The van der Waals surface area contributed by atoms with Crippen molar-refractivity contribution in [2.75, 3.05) is 6.54 Å². The van der Waals surface area contributed by atoms with E-state index < -0.39 is 0 Å². The minimum absolute atomic E-state index is 0.288. The van der Waals surface area contributed by atoms with Gasteiger partial charge in [0.25, 0.3) is 0 Å². The standard InChI is InChI=1S/C16H26N4S/c1-6-8-17-14(10-16-18-12(4)13(5)21-16)15-9-11(3)19-20(15)7-2/h9,14,17H,6-8,10H2,1-5H3. The molecule has 0 spiro atoms. The van der Waals surface area contributed by atoms with Crippen LogP contribution in [0.1, 0.15) is 53.3 Å². The maximum Gasteiger partial charge on any atom is 0.0950 e. The molecule has 0 aliphatic carbocycles. The Kier molecular flexibility index (Phi) is 5.53. The molecule has 1 atom stereocenters. The molecule has 0 aromatic carbocycles. The molecule has 0 bridgehead atoms. The quantitative estimate of drug-likeness (QED) is 0.850. The lowest BCUT2D eigenvalue weighted by Crippen LogP contribution is -2.26. The van der Waals surface area contributed by atoms with E-state index in [4.69, 9.17) is 4.98 Å². The van der Waals surface area contributed by atoms with Gasteiger partial charge in [0.1, 0.15) is 0 Å². The highest BCUT2D eigenvalue weighted by Gasteiger charge is 2.19. The topological polar surface area (TPSA) is 42.7 Å². The van der Waals surface area contributed by atoms with E-state index in [-0.39, 0.29) is 6.04 Å². The number of hydrogen-bond donors (Lipinski definition) is 1. The Bertz CT molecular complexity index is 566. The Hall–Kier alpha value is -1.20. The van der Waals surface area contributed by atoms with Crippen LogP contribution in [0, 0.1) is 20.8 Å². The molecular formula is C16H26N4S. The van der Waals surface area contributed by atoms with Crippen LogP contribution in [0.25, 0.3) is 0 Å². The molecule has 0 radical (unpaired) electrons. The van der Waals surface area contributed by atoms with Crippen molar-refractivity contribution < 1.29 is 0 Å². The molecule has 5 heteroatoms. The Morgan fingerprint density at radius 3 is 2.62 bits per heavy atom. The van der Waals surface area contributed by atoms with Crippen molar-refractivity contribution in [3.8, 4) is 0 Å². The van der Waals surface area contributed by atoms with Gasteiger partial charge >= 0.3 is 0 Å². The first-order valence-electron chi connectivity index (χ1n) is 7.75. The predicted octanol–water partition coefficient (Wildman–Crippen LogP) is 3.57. The highest BCUT2D eigenvalue weighted by atomic mass is 32.1. The van der Waals surface area contributed by atoms with Crippen LogP contribution in [0.15, 0.2) is 6.07 Å². The van der Waals surface area contributed by atoms with Gasteiger partial charge < -0.3 is 5.32 Å². The van der Waals surface area contributed by atoms with Gasteiger partial charge in [-0.15, -0.1) is 11.3 Å². The fourth-order valence-electron chi connectivity index (χ4n) is 2.50. The lowest BCUT2D eigenvalue weighted by molar-refractivity contribution is 0.477. The summed E-state index contributed by atoms with van der Waals surface area (Å²) >= 11 is 1.81. The fraction of sp³-hybridized carbons (Fsp3) is 0.625. The van der Waals surface area contributed by atoms with Crippen molar-refractivity contribution >= 4 is 11.3 Å². The summed E-state index contributed by atoms with van der Waals surface area (Å²) in [5.41, 5.74) is 3.51. The van der Waals surface area contributed by atoms with E-state index in [2.05, 4.69) is 55.8 Å². The van der Waals surface area contributed by atoms with Gasteiger partial charge in [0, 0.05) is 17.8 Å². The molecule has 2 aromatic heterocycles. The van der Waals surface area contributed by atoms with E-state index in [0.717, 1.165) is 37.3 Å². The monoisotopic (exact) mass is 306 g/mol. The molecule has 1 N–H and O–H groups in total. The molecule has 2 aromatic rings. The van der Waals surface area contributed by atoms with E-state index in [1.165, 1.54) is 15.6 Å². The molecule has 0 aliphatic heterocycles. The van der Waals surface area contributed by atoms with Crippen LogP contribution in [0.4, 0.5) is 0 Å². The summed E-state index contributed by atoms with van der Waals surface area (Å²) < 4.78 is 2.11. The molecule has 0 saturated heterocycles. The van der Waals surface area contributed by atoms with Gasteiger partial charge in [-0.05, 0) is 46.7 Å². The first-order chi connectivity index (χ1) is 10.0. The van der Waals surface area contributed by atoms with Crippen molar-refractivity contribution in [1.82, 2.24) is 20.1 Å². The highest BCUT2D eigenvalue weighted by Crippen LogP contribution is 2.24. The summed E-state index contributed by atoms with van der Waals surface area (Å²) in [6.45, 7) is 12.6. The second-order valence-corrected chi connectivity index (χ2v) is 6.77. The maximum atomic E-state index is 4.69. The molecule has 2 rings (SSSR count). The Balaban J connectivity index is 2.24. The lowest BCUT2D eigenvalue weighted by Gasteiger charge is -2.18. The molecule has 21 heavy (non-hydrogen) atoms. The van der Waals surface area contributed by atoms with Gasteiger partial charge in [-0.2, -0.15) is 5.10 Å². The molecule has 116 valence electrons. The zero-order valence-electron chi connectivity index (χ0n) is 13.7. The first-order valence-corrected chi connectivity index (χ1v) is 8.57. The molecule has 4 nitrogen and oxygen atoms in total. The molecule has 2 heterocycles. The van der Waals surface area contributed by atoms with Gasteiger partial charge in [-0.3, -0.25) is 4.68 Å². The van der Waals surface area contributed by atoms with Crippen LogP contribution < -0.4 is 5.32 Å². The first kappa shape index (κ1) is 16.2. The number of rotatable bonds is 7. The van der Waals surface area contributed by atoms with Crippen molar-refractivity contribution in [3.63, 3.8) is 0 Å². The van der Waals surface area contributed by atoms with Crippen LogP contribution >= 0.6 is 11.3 Å². The molecule has 0 amide bonds. The van der Waals surface area contributed by atoms with Crippen LogP contribution in [0.3, 0.4) is 0 Å². The minimum atomic E-state index is 0.288. The lowest BCUT2D eigenvalue weighted by atomic mass is 10.1. The summed E-state index contributed by atoms with van der Waals surface area (Å²) in [6.07, 6.45) is 2.07. The average molecular weight is 306 g/mol. The van der Waals surface area contributed by atoms with Crippen LogP contribution in [-0.2, 0) is 13.0 Å². The fourth-order valence-corrected chi connectivity index (χ4v) is 3.48. The molecule has 1 unspecified atom stereocenters. The van der Waals surface area contributed by atoms with Gasteiger partial charge in [-0.1, -0.05) is 6.92 Å². The van der Waals surface area contributed by atoms with Crippen LogP contribution in [0.5, 0.6) is 0 Å². The Morgan fingerprint density at radius 1 is 1.29 bits per heavy atom. The zero-order chi connectivity index (χ0) is 15.4. The number of hydrogen-bond acceptors (Lipinski definition) is 4. The number of nitrogens with zero attached hydrogens (tertiary/aromatic N) is 3. The summed E-state index contributed by atoms with van der Waals surface area (Å²) in [5, 5.41) is 9.45. The summed E-state index contributed by atoms with van der Waals surface area (Å²) in [4.78, 5) is 6.01. The smallest absolute Gasteiger partial charge is 0.0950 e. The van der Waals surface area contributed by atoms with E-state index >= 15 is 0 Å². The summed E-state index contributed by atoms with van der Waals surface area (Å²) in [5.74, 6) is 0. The van der Waals surface area contributed by atoms with E-state index in [1.54, 1.807) is 0 Å². The molecule has 0 fully saturated rings. The normalized spacial score (nSPS) is 12.8. The number of aryl methyl sites for hydroxylation is 4. The van der Waals surface area contributed by atoms with E-state index in [1.807, 2.05) is 11.3 Å². The minimum Gasteiger partial charge on any atom is -0.308 e. The molecular weight excluding hydrogens is 280 g/mol. The Morgan fingerprint density at radius 2 is 2.05 bits per heavy atom. The van der Waals surface area contributed by atoms with Crippen molar-refractivity contribution in [1.29, 1.82) is 0 Å². The van der Waals surface area contributed by atoms with Crippen molar-refractivity contribution in [3.05, 3.63) is 33.0 Å². The molecule has 0 saturated carbocycles. The third-order valence-electron chi connectivity index (χ3n) is 3.68. The SMILES string of the molecule is CCCNC(Cc1nc(C)c(C)s1)c1cc(C)nn1CC. The van der Waals surface area contributed by atoms with Gasteiger partial charge in [0.15, 0.2) is 0 Å². The van der Waals surface area contributed by atoms with E-state index in [0.29, 0.717) is 0 Å². The maximum absolute atomic E-state index is 4.69. The van der Waals surface area contributed by atoms with Crippen LogP contribution in [-0.4, -0.2) is 21.3 Å². The molecule has 0 aliphatic rings.